The predicted octanol–water partition coefficient (Wildman–Crippen LogP) is 3.78. The first-order valence-corrected chi connectivity index (χ1v) is 10.6. The zero-order valence-electron chi connectivity index (χ0n) is 18.9. The van der Waals surface area contributed by atoms with Crippen LogP contribution in [0.1, 0.15) is 11.3 Å². The van der Waals surface area contributed by atoms with Crippen molar-refractivity contribution in [2.24, 2.45) is 0 Å². The largest absolute Gasteiger partial charge is 0.453 e. The number of morpholine rings is 1. The highest BCUT2D eigenvalue weighted by Crippen LogP contribution is 2.33. The molecule has 0 bridgehead atoms. The average Bonchev–Trinajstić information content (AvgIpc) is 3.14. The third-order valence-corrected chi connectivity index (χ3v) is 5.58. The van der Waals surface area contributed by atoms with E-state index < -0.39 is 29.9 Å². The lowest BCUT2D eigenvalue weighted by atomic mass is 10.0. The van der Waals surface area contributed by atoms with Crippen LogP contribution in [0.3, 0.4) is 0 Å². The molecule has 1 N–H and O–H groups in total. The molecule has 1 aromatic carbocycles. The van der Waals surface area contributed by atoms with Gasteiger partial charge in [-0.2, -0.15) is 0 Å². The van der Waals surface area contributed by atoms with Crippen molar-refractivity contribution in [2.75, 3.05) is 39.2 Å². The Morgan fingerprint density at radius 1 is 1.21 bits per heavy atom. The Kier molecular flexibility index (Phi) is 6.64. The number of nitrogens with one attached hydrogen (secondary N) is 1. The number of pyridine rings is 1. The number of methoxy groups -OCH3 is 2. The van der Waals surface area contributed by atoms with Gasteiger partial charge in [0.15, 0.2) is 0 Å². The summed E-state index contributed by atoms with van der Waals surface area (Å²) in [5.41, 5.74) is 1.67. The fraction of sp³-hybridized carbons (Fsp3) is 0.348. The smallest absolute Gasteiger partial charge is 0.411 e. The predicted molar refractivity (Wildman–Crippen MR) is 119 cm³/mol. The number of nitrogens with zero attached hydrogens (tertiary/aromatic N) is 3. The van der Waals surface area contributed by atoms with Crippen molar-refractivity contribution < 1.29 is 32.6 Å². The summed E-state index contributed by atoms with van der Waals surface area (Å²) in [6, 6.07) is 5.67. The van der Waals surface area contributed by atoms with Crippen molar-refractivity contribution in [3.05, 3.63) is 53.4 Å². The van der Waals surface area contributed by atoms with E-state index in [9.17, 15) is 9.59 Å². The Bertz CT molecular complexity index is 1220. The number of fused-ring (bicyclic) bond motifs is 1. The molecule has 180 valence electrons. The number of anilines is 1. The van der Waals surface area contributed by atoms with Crippen LogP contribution in [0.5, 0.6) is 0 Å². The van der Waals surface area contributed by atoms with Crippen LogP contribution < -0.4 is 5.32 Å². The summed E-state index contributed by atoms with van der Waals surface area (Å²) in [5, 5.41) is 2.25. The first kappa shape index (κ1) is 23.4. The van der Waals surface area contributed by atoms with Crippen LogP contribution in [0.25, 0.3) is 16.9 Å². The molecule has 0 aliphatic carbocycles. The Hall–Kier alpha value is -3.73. The number of aromatic nitrogens is 2. The second-order valence-corrected chi connectivity index (χ2v) is 7.88. The lowest BCUT2D eigenvalue weighted by Gasteiger charge is -2.32. The van der Waals surface area contributed by atoms with E-state index in [1.165, 1.54) is 12.0 Å². The number of ether oxygens (including phenoxy) is 3. The van der Waals surface area contributed by atoms with Gasteiger partial charge in [0.25, 0.3) is 0 Å². The molecular formula is C23H24F2N4O5. The van der Waals surface area contributed by atoms with Crippen LogP contribution in [0.4, 0.5) is 24.1 Å². The molecule has 2 amide bonds. The number of hydrogen-bond donors (Lipinski definition) is 1. The van der Waals surface area contributed by atoms with Crippen LogP contribution in [0, 0.1) is 18.6 Å². The van der Waals surface area contributed by atoms with E-state index in [1.807, 2.05) is 13.0 Å². The van der Waals surface area contributed by atoms with Gasteiger partial charge in [-0.1, -0.05) is 0 Å². The molecule has 1 aliphatic rings. The highest BCUT2D eigenvalue weighted by Gasteiger charge is 2.29. The number of carbonyl (C=O) groups excluding carboxylic acids is 2. The highest BCUT2D eigenvalue weighted by molar-refractivity contribution is 5.85. The van der Waals surface area contributed by atoms with Crippen molar-refractivity contribution in [1.82, 2.24) is 14.3 Å². The van der Waals surface area contributed by atoms with Gasteiger partial charge in [-0.05, 0) is 36.8 Å². The molecule has 1 saturated heterocycles. The minimum absolute atomic E-state index is 0.0870. The Morgan fingerprint density at radius 3 is 2.62 bits per heavy atom. The van der Waals surface area contributed by atoms with E-state index in [4.69, 9.17) is 9.47 Å². The molecule has 1 fully saturated rings. The Morgan fingerprint density at radius 2 is 1.94 bits per heavy atom. The molecule has 11 heteroatoms. The van der Waals surface area contributed by atoms with Crippen molar-refractivity contribution in [3.63, 3.8) is 0 Å². The summed E-state index contributed by atoms with van der Waals surface area (Å²) in [6.45, 7) is 2.85. The standard InChI is InChI=1S/C23H24F2N4O5/c1-13-4-5-29-18(11-15-12-28(6-7-34-15)23(31)33-3)21(27-19(29)8-13)20-16(24)9-14(10-17(20)25)26-22(30)32-2/h4-5,8-10,15H,6-7,11-12H2,1-3H3,(H,26,30). The number of amides is 2. The van der Waals surface area contributed by atoms with Crippen LogP contribution in [-0.4, -0.2) is 66.5 Å². The number of hydrogen-bond acceptors (Lipinski definition) is 6. The van der Waals surface area contributed by atoms with Crippen molar-refractivity contribution >= 4 is 23.5 Å². The fourth-order valence-electron chi connectivity index (χ4n) is 3.99. The summed E-state index contributed by atoms with van der Waals surface area (Å²) in [4.78, 5) is 29.4. The molecule has 0 spiro atoms. The lowest BCUT2D eigenvalue weighted by molar-refractivity contribution is -0.0241. The maximum absolute atomic E-state index is 15.1. The van der Waals surface area contributed by atoms with Crippen LogP contribution in [0.2, 0.25) is 0 Å². The number of halogens is 2. The lowest BCUT2D eigenvalue weighted by Crippen LogP contribution is -2.46. The first-order valence-electron chi connectivity index (χ1n) is 10.6. The van der Waals surface area contributed by atoms with Gasteiger partial charge in [0.2, 0.25) is 0 Å². The molecule has 1 atom stereocenters. The van der Waals surface area contributed by atoms with E-state index in [1.54, 1.807) is 16.7 Å². The van der Waals surface area contributed by atoms with Crippen LogP contribution in [0.15, 0.2) is 30.5 Å². The van der Waals surface area contributed by atoms with Gasteiger partial charge in [-0.25, -0.2) is 23.4 Å². The summed E-state index contributed by atoms with van der Waals surface area (Å²) < 4.78 is 47.2. The van der Waals surface area contributed by atoms with E-state index in [-0.39, 0.29) is 29.9 Å². The normalized spacial score (nSPS) is 15.9. The summed E-state index contributed by atoms with van der Waals surface area (Å²) in [7, 11) is 2.46. The number of aryl methyl sites for hydroxylation is 1. The molecule has 1 aliphatic heterocycles. The van der Waals surface area contributed by atoms with Gasteiger partial charge in [0.05, 0.1) is 50.4 Å². The zero-order chi connectivity index (χ0) is 24.4. The van der Waals surface area contributed by atoms with E-state index in [2.05, 4.69) is 15.0 Å². The molecule has 1 unspecified atom stereocenters. The average molecular weight is 474 g/mol. The molecular weight excluding hydrogens is 450 g/mol. The fourth-order valence-corrected chi connectivity index (χ4v) is 3.99. The Labute approximate surface area is 194 Å². The highest BCUT2D eigenvalue weighted by atomic mass is 19.1. The summed E-state index contributed by atoms with van der Waals surface area (Å²) in [6.07, 6.45) is 0.279. The third kappa shape index (κ3) is 4.65. The SMILES string of the molecule is COC(=O)Nc1cc(F)c(-c2nc3cc(C)ccn3c2CC2CN(C(=O)OC)CCO2)c(F)c1. The van der Waals surface area contributed by atoms with Crippen molar-refractivity contribution in [2.45, 2.75) is 19.4 Å². The topological polar surface area (TPSA) is 94.4 Å². The van der Waals surface area contributed by atoms with Crippen LogP contribution in [-0.2, 0) is 20.6 Å². The van der Waals surface area contributed by atoms with Gasteiger partial charge in [-0.15, -0.1) is 0 Å². The third-order valence-electron chi connectivity index (χ3n) is 5.58. The van der Waals surface area contributed by atoms with Gasteiger partial charge >= 0.3 is 12.2 Å². The monoisotopic (exact) mass is 474 g/mol. The minimum Gasteiger partial charge on any atom is -0.453 e. The number of rotatable bonds is 4. The van der Waals surface area contributed by atoms with Crippen molar-refractivity contribution in [1.29, 1.82) is 0 Å². The molecule has 34 heavy (non-hydrogen) atoms. The minimum atomic E-state index is -0.895. The molecule has 3 heterocycles. The number of imidazole rings is 1. The molecule has 3 aromatic rings. The maximum atomic E-state index is 15.1. The summed E-state index contributed by atoms with van der Waals surface area (Å²) >= 11 is 0. The van der Waals surface area contributed by atoms with E-state index in [0.29, 0.717) is 24.5 Å². The van der Waals surface area contributed by atoms with Crippen molar-refractivity contribution in [3.8, 4) is 11.3 Å². The second kappa shape index (κ2) is 9.64. The van der Waals surface area contributed by atoms with Gasteiger partial charge in [0, 0.05) is 24.8 Å². The molecule has 2 aromatic heterocycles. The quantitative estimate of drug-likeness (QED) is 0.619. The zero-order valence-corrected chi connectivity index (χ0v) is 18.9. The van der Waals surface area contributed by atoms with Gasteiger partial charge in [0.1, 0.15) is 17.3 Å². The first-order chi connectivity index (χ1) is 16.3. The maximum Gasteiger partial charge on any atom is 0.411 e. The van der Waals surface area contributed by atoms with Crippen LogP contribution >= 0.6 is 0 Å². The van der Waals surface area contributed by atoms with E-state index >= 15 is 8.78 Å². The number of benzene rings is 1. The molecule has 4 rings (SSSR count). The van der Waals surface area contributed by atoms with Gasteiger partial charge in [-0.3, -0.25) is 5.32 Å². The van der Waals surface area contributed by atoms with E-state index in [0.717, 1.165) is 24.8 Å². The number of carbonyl (C=O) groups is 2. The second-order valence-electron chi connectivity index (χ2n) is 7.88. The van der Waals surface area contributed by atoms with Gasteiger partial charge < -0.3 is 23.5 Å². The molecule has 0 radical (unpaired) electrons. The summed E-state index contributed by atoms with van der Waals surface area (Å²) in [5.74, 6) is -1.79. The molecule has 9 nitrogen and oxygen atoms in total. The molecule has 0 saturated carbocycles. The Balaban J connectivity index is 1.76.